The highest BCUT2D eigenvalue weighted by Crippen LogP contribution is 2.52. The minimum Gasteiger partial charge on any atom is -0.369 e. The summed E-state index contributed by atoms with van der Waals surface area (Å²) in [6.07, 6.45) is 5.60. The number of rotatable bonds is 4. The molecule has 2 saturated carbocycles. The molecular formula is C18H20BrN5O2. The molecule has 1 spiro atoms. The summed E-state index contributed by atoms with van der Waals surface area (Å²) in [5, 5.41) is 2.52. The van der Waals surface area contributed by atoms with Crippen LogP contribution in [0.5, 0.6) is 0 Å². The second-order valence-electron chi connectivity index (χ2n) is 7.19. The third-order valence-corrected chi connectivity index (χ3v) is 5.53. The first-order valence-electron chi connectivity index (χ1n) is 8.71. The van der Waals surface area contributed by atoms with Crippen LogP contribution in [-0.2, 0) is 10.2 Å². The fourth-order valence-corrected chi connectivity index (χ4v) is 3.70. The van der Waals surface area contributed by atoms with Crippen LogP contribution in [0.2, 0.25) is 0 Å². The first-order valence-corrected chi connectivity index (χ1v) is 9.50. The minimum atomic E-state index is -0.351. The molecule has 0 saturated heterocycles. The number of nitrogens with two attached hydrogens (primary N) is 1. The fraction of sp³-hybridized carbons (Fsp3) is 0.444. The van der Waals surface area contributed by atoms with E-state index in [1.807, 2.05) is 18.2 Å². The van der Waals surface area contributed by atoms with E-state index in [1.165, 1.54) is 6.34 Å². The molecule has 4 rings (SSSR count). The van der Waals surface area contributed by atoms with E-state index < -0.39 is 0 Å². The predicted molar refractivity (Wildman–Crippen MR) is 102 cm³/mol. The van der Waals surface area contributed by atoms with Crippen molar-refractivity contribution < 1.29 is 9.59 Å². The number of halogens is 1. The molecule has 1 aliphatic heterocycles. The molecule has 2 fully saturated rings. The maximum atomic E-state index is 12.8. The van der Waals surface area contributed by atoms with Gasteiger partial charge in [-0.2, -0.15) is 0 Å². The van der Waals surface area contributed by atoms with Crippen LogP contribution >= 0.6 is 15.9 Å². The Labute approximate surface area is 159 Å². The van der Waals surface area contributed by atoms with E-state index in [2.05, 4.69) is 31.2 Å². The minimum absolute atomic E-state index is 0.00526. The molecule has 0 radical (unpaired) electrons. The summed E-state index contributed by atoms with van der Waals surface area (Å²) >= 11 is 3.48. The van der Waals surface area contributed by atoms with Crippen molar-refractivity contribution in [3.8, 4) is 0 Å². The van der Waals surface area contributed by atoms with E-state index in [-0.39, 0.29) is 29.7 Å². The largest absolute Gasteiger partial charge is 0.369 e. The number of nitrogens with one attached hydrogen (secondary N) is 1. The molecule has 7 nitrogen and oxygen atoms in total. The lowest BCUT2D eigenvalue weighted by Gasteiger charge is -2.34. The maximum Gasteiger partial charge on any atom is 0.254 e. The van der Waals surface area contributed by atoms with Gasteiger partial charge in [0.2, 0.25) is 11.9 Å². The number of guanidine groups is 1. The van der Waals surface area contributed by atoms with Gasteiger partial charge in [-0.3, -0.25) is 19.9 Å². The van der Waals surface area contributed by atoms with Crippen molar-refractivity contribution >= 4 is 40.0 Å². The summed E-state index contributed by atoms with van der Waals surface area (Å²) in [4.78, 5) is 34.7. The number of carbonyl (C=O) groups is 2. The zero-order valence-corrected chi connectivity index (χ0v) is 15.8. The van der Waals surface area contributed by atoms with Gasteiger partial charge >= 0.3 is 0 Å². The number of nitrogens with zero attached hydrogens (tertiary/aromatic N) is 3. The van der Waals surface area contributed by atoms with Crippen LogP contribution < -0.4 is 11.1 Å². The Morgan fingerprint density at radius 2 is 2.19 bits per heavy atom. The average Bonchev–Trinajstić information content (AvgIpc) is 3.49. The van der Waals surface area contributed by atoms with Crippen LogP contribution in [0.1, 0.15) is 41.6 Å². The molecule has 136 valence electrons. The lowest BCUT2D eigenvalue weighted by Crippen LogP contribution is -2.49. The number of fused-ring (bicyclic) bond motifs is 2. The molecule has 0 aromatic heterocycles. The highest BCUT2D eigenvalue weighted by atomic mass is 79.9. The molecule has 3 aliphatic rings. The third-order valence-electron chi connectivity index (χ3n) is 5.04. The number of hydrogen-bond donors (Lipinski definition) is 2. The van der Waals surface area contributed by atoms with E-state index in [0.717, 1.165) is 35.7 Å². The van der Waals surface area contributed by atoms with Crippen molar-refractivity contribution in [3.63, 3.8) is 0 Å². The normalized spacial score (nSPS) is 21.2. The number of amides is 2. The van der Waals surface area contributed by atoms with Gasteiger partial charge in [-0.1, -0.05) is 15.9 Å². The molecule has 0 atom stereocenters. The summed E-state index contributed by atoms with van der Waals surface area (Å²) < 4.78 is 0.971. The van der Waals surface area contributed by atoms with Gasteiger partial charge in [-0.25, -0.2) is 4.99 Å². The predicted octanol–water partition coefficient (Wildman–Crippen LogP) is 1.56. The van der Waals surface area contributed by atoms with Crippen LogP contribution in [0.25, 0.3) is 0 Å². The van der Waals surface area contributed by atoms with E-state index in [1.54, 1.807) is 4.90 Å². The number of hydrogen-bond acceptors (Lipinski definition) is 3. The van der Waals surface area contributed by atoms with Gasteiger partial charge in [0.25, 0.3) is 5.91 Å². The zero-order valence-electron chi connectivity index (χ0n) is 14.2. The van der Waals surface area contributed by atoms with Crippen molar-refractivity contribution in [2.45, 2.75) is 37.1 Å². The van der Waals surface area contributed by atoms with Crippen LogP contribution in [0.15, 0.2) is 32.7 Å². The van der Waals surface area contributed by atoms with E-state index in [9.17, 15) is 9.59 Å². The monoisotopic (exact) mass is 417 g/mol. The summed E-state index contributed by atoms with van der Waals surface area (Å²) in [6.45, 7) is 0.523. The fourth-order valence-electron chi connectivity index (χ4n) is 3.34. The van der Waals surface area contributed by atoms with Gasteiger partial charge in [0.05, 0.1) is 6.04 Å². The SMILES string of the molecule is NC(=NC=NC1CC1)NC(=O)CN1CC2(CC2)c2cc(Br)ccc2C1=O. The highest BCUT2D eigenvalue weighted by molar-refractivity contribution is 9.10. The summed E-state index contributed by atoms with van der Waals surface area (Å²) in [7, 11) is 0. The average molecular weight is 418 g/mol. The van der Waals surface area contributed by atoms with Crippen LogP contribution in [0, 0.1) is 0 Å². The number of carbonyl (C=O) groups excluding carboxylic acids is 2. The molecule has 1 heterocycles. The molecule has 3 N–H and O–H groups in total. The lowest BCUT2D eigenvalue weighted by atomic mass is 9.86. The molecule has 2 aliphatic carbocycles. The topological polar surface area (TPSA) is 100 Å². The van der Waals surface area contributed by atoms with E-state index in [4.69, 9.17) is 5.73 Å². The summed E-state index contributed by atoms with van der Waals surface area (Å²) in [5.41, 5.74) is 7.46. The molecule has 1 aromatic carbocycles. The number of aliphatic imine (C=N–C) groups is 2. The van der Waals surface area contributed by atoms with Crippen molar-refractivity contribution in [2.75, 3.05) is 13.1 Å². The highest BCUT2D eigenvalue weighted by Gasteiger charge is 2.51. The quantitative estimate of drug-likeness (QED) is 0.573. The Morgan fingerprint density at radius 3 is 2.88 bits per heavy atom. The zero-order chi connectivity index (χ0) is 18.3. The Hall–Kier alpha value is -2.22. The standard InChI is InChI=1S/C18H20BrN5O2/c19-11-1-4-13-14(7-11)18(5-6-18)9-24(16(13)26)8-15(25)23-17(20)22-10-21-12-2-3-12/h1,4,7,10,12H,2-3,5-6,8-9H2,(H3,20,21,22,23,25). The van der Waals surface area contributed by atoms with Crippen LogP contribution in [-0.4, -0.2) is 48.1 Å². The Balaban J connectivity index is 1.43. The molecule has 1 aromatic rings. The van der Waals surface area contributed by atoms with Gasteiger partial charge in [0.1, 0.15) is 12.9 Å². The first-order chi connectivity index (χ1) is 12.5. The van der Waals surface area contributed by atoms with Gasteiger partial charge in [-0.05, 0) is 49.4 Å². The maximum absolute atomic E-state index is 12.8. The van der Waals surface area contributed by atoms with Crippen molar-refractivity contribution in [3.05, 3.63) is 33.8 Å². The van der Waals surface area contributed by atoms with Gasteiger partial charge in [-0.15, -0.1) is 0 Å². The van der Waals surface area contributed by atoms with Crippen molar-refractivity contribution in [1.82, 2.24) is 10.2 Å². The smallest absolute Gasteiger partial charge is 0.254 e. The van der Waals surface area contributed by atoms with Crippen molar-refractivity contribution in [2.24, 2.45) is 15.7 Å². The van der Waals surface area contributed by atoms with Gasteiger partial charge in [0, 0.05) is 22.0 Å². The summed E-state index contributed by atoms with van der Waals surface area (Å²) in [5.74, 6) is -0.476. The third kappa shape index (κ3) is 3.51. The second kappa shape index (κ2) is 6.50. The van der Waals surface area contributed by atoms with E-state index >= 15 is 0 Å². The molecule has 0 unspecified atom stereocenters. The lowest BCUT2D eigenvalue weighted by molar-refractivity contribution is -0.120. The molecular weight excluding hydrogens is 398 g/mol. The Bertz CT molecular complexity index is 827. The van der Waals surface area contributed by atoms with E-state index in [0.29, 0.717) is 18.2 Å². The molecule has 26 heavy (non-hydrogen) atoms. The molecule has 8 heteroatoms. The Morgan fingerprint density at radius 1 is 1.42 bits per heavy atom. The van der Waals surface area contributed by atoms with Crippen molar-refractivity contribution in [1.29, 1.82) is 0 Å². The van der Waals surface area contributed by atoms with Crippen LogP contribution in [0.4, 0.5) is 0 Å². The summed E-state index contributed by atoms with van der Waals surface area (Å²) in [6, 6.07) is 6.07. The molecule has 2 amide bonds. The van der Waals surface area contributed by atoms with Gasteiger partial charge < -0.3 is 10.6 Å². The number of benzene rings is 1. The molecule has 0 bridgehead atoms. The first kappa shape index (κ1) is 17.2. The Kier molecular flexibility index (Phi) is 4.30. The van der Waals surface area contributed by atoms with Gasteiger partial charge in [0.15, 0.2) is 0 Å². The second-order valence-corrected chi connectivity index (χ2v) is 8.11. The van der Waals surface area contributed by atoms with Crippen LogP contribution in [0.3, 0.4) is 0 Å².